The SMILES string of the molecule is COc1cc(-c2cc(-c3ccccc3)nc3c2CC(=O)Nc2ccccc2-3)ccc1OCCOCCC=O. The van der Waals surface area contributed by atoms with Crippen LogP contribution >= 0.6 is 0 Å². The Morgan fingerprint density at radius 2 is 1.68 bits per heavy atom. The van der Waals surface area contributed by atoms with Crippen molar-refractivity contribution in [2.45, 2.75) is 12.8 Å². The Hall–Kier alpha value is -4.49. The average Bonchev–Trinajstić information content (AvgIpc) is 3.10. The second-order valence-electron chi connectivity index (χ2n) is 8.80. The van der Waals surface area contributed by atoms with Crippen molar-refractivity contribution in [3.05, 3.63) is 84.4 Å². The van der Waals surface area contributed by atoms with Gasteiger partial charge in [-0.3, -0.25) is 4.79 Å². The van der Waals surface area contributed by atoms with Crippen LogP contribution in [0.2, 0.25) is 0 Å². The number of aromatic nitrogens is 1. The fourth-order valence-corrected chi connectivity index (χ4v) is 4.54. The number of hydrogen-bond acceptors (Lipinski definition) is 6. The average molecular weight is 509 g/mol. The Morgan fingerprint density at radius 3 is 2.50 bits per heavy atom. The fraction of sp³-hybridized carbons (Fsp3) is 0.194. The third kappa shape index (κ3) is 5.43. The van der Waals surface area contributed by atoms with Gasteiger partial charge in [-0.15, -0.1) is 0 Å². The summed E-state index contributed by atoms with van der Waals surface area (Å²) in [6.07, 6.45) is 1.38. The Bertz CT molecular complexity index is 1450. The number of ether oxygens (including phenoxy) is 3. The number of anilines is 1. The van der Waals surface area contributed by atoms with Crippen molar-refractivity contribution in [1.29, 1.82) is 0 Å². The first kappa shape index (κ1) is 25.2. The maximum Gasteiger partial charge on any atom is 0.228 e. The van der Waals surface area contributed by atoms with Crippen molar-refractivity contribution in [3.63, 3.8) is 0 Å². The Kier molecular flexibility index (Phi) is 7.75. The molecule has 1 aliphatic rings. The number of aldehydes is 1. The molecule has 0 atom stereocenters. The minimum absolute atomic E-state index is 0.0896. The lowest BCUT2D eigenvalue weighted by atomic mass is 9.92. The zero-order valence-corrected chi connectivity index (χ0v) is 21.1. The van der Waals surface area contributed by atoms with Crippen molar-refractivity contribution in [1.82, 2.24) is 4.98 Å². The van der Waals surface area contributed by atoms with E-state index in [-0.39, 0.29) is 12.3 Å². The number of carbonyl (C=O) groups excluding carboxylic acids is 2. The molecule has 0 aliphatic carbocycles. The van der Waals surface area contributed by atoms with Crippen LogP contribution in [-0.2, 0) is 20.7 Å². The quantitative estimate of drug-likeness (QED) is 0.223. The highest BCUT2D eigenvalue weighted by Crippen LogP contribution is 2.41. The monoisotopic (exact) mass is 508 g/mol. The number of benzene rings is 3. The zero-order valence-electron chi connectivity index (χ0n) is 21.1. The third-order valence-corrected chi connectivity index (χ3v) is 6.33. The van der Waals surface area contributed by atoms with E-state index in [1.54, 1.807) is 7.11 Å². The van der Waals surface area contributed by atoms with Gasteiger partial charge in [-0.2, -0.15) is 0 Å². The highest BCUT2D eigenvalue weighted by molar-refractivity contribution is 6.02. The standard InChI is InChI=1S/C31H28N2O5/c1-36-29-18-22(12-13-28(29)38-17-16-37-15-7-14-34)24-19-27(21-8-3-2-4-9-21)33-31-23-10-5-6-11-26(23)32-30(35)20-25(24)31/h2-6,8-14,18-19H,7,15-17,20H2,1H3,(H,32,35). The Balaban J connectivity index is 1.58. The summed E-state index contributed by atoms with van der Waals surface area (Å²) in [7, 11) is 1.60. The largest absolute Gasteiger partial charge is 0.493 e. The molecule has 7 nitrogen and oxygen atoms in total. The molecule has 0 unspecified atom stereocenters. The predicted octanol–water partition coefficient (Wildman–Crippen LogP) is 5.57. The molecule has 1 amide bonds. The molecule has 7 heteroatoms. The van der Waals surface area contributed by atoms with E-state index in [2.05, 4.69) is 5.32 Å². The summed E-state index contributed by atoms with van der Waals surface area (Å²) in [4.78, 5) is 28.4. The Labute approximate surface area is 221 Å². The summed E-state index contributed by atoms with van der Waals surface area (Å²) in [6.45, 7) is 1.07. The number of pyridine rings is 1. The second kappa shape index (κ2) is 11.7. The maximum atomic E-state index is 12.9. The summed E-state index contributed by atoms with van der Waals surface area (Å²) >= 11 is 0. The lowest BCUT2D eigenvalue weighted by molar-refractivity contribution is -0.115. The van der Waals surface area contributed by atoms with Gasteiger partial charge in [-0.1, -0.05) is 54.6 Å². The smallest absolute Gasteiger partial charge is 0.228 e. The van der Waals surface area contributed by atoms with Gasteiger partial charge in [-0.05, 0) is 41.0 Å². The van der Waals surface area contributed by atoms with E-state index in [1.807, 2.05) is 78.9 Å². The first-order chi connectivity index (χ1) is 18.7. The molecule has 1 N–H and O–H groups in total. The van der Waals surface area contributed by atoms with Crippen molar-refractivity contribution in [2.24, 2.45) is 0 Å². The van der Waals surface area contributed by atoms with Crippen molar-refractivity contribution >= 4 is 17.9 Å². The third-order valence-electron chi connectivity index (χ3n) is 6.33. The van der Waals surface area contributed by atoms with E-state index in [1.165, 1.54) is 0 Å². The van der Waals surface area contributed by atoms with Gasteiger partial charge in [0, 0.05) is 17.5 Å². The van der Waals surface area contributed by atoms with Crippen LogP contribution in [0.1, 0.15) is 12.0 Å². The lowest BCUT2D eigenvalue weighted by Gasteiger charge is -2.17. The number of nitrogens with one attached hydrogen (secondary N) is 1. The number of carbonyl (C=O) groups is 2. The topological polar surface area (TPSA) is 86.8 Å². The maximum absolute atomic E-state index is 12.9. The molecule has 4 aromatic rings. The molecule has 0 spiro atoms. The number of fused-ring (bicyclic) bond motifs is 3. The molecule has 0 bridgehead atoms. The van der Waals surface area contributed by atoms with Gasteiger partial charge in [0.15, 0.2) is 11.5 Å². The van der Waals surface area contributed by atoms with E-state index in [0.717, 1.165) is 51.2 Å². The minimum Gasteiger partial charge on any atom is -0.493 e. The number of rotatable bonds is 10. The summed E-state index contributed by atoms with van der Waals surface area (Å²) < 4.78 is 16.9. The summed E-state index contributed by atoms with van der Waals surface area (Å²) in [5.74, 6) is 1.07. The molecule has 1 aliphatic heterocycles. The van der Waals surface area contributed by atoms with Gasteiger partial charge in [0.05, 0.1) is 43.8 Å². The second-order valence-corrected chi connectivity index (χ2v) is 8.80. The molecule has 1 aromatic heterocycles. The zero-order chi connectivity index (χ0) is 26.3. The summed E-state index contributed by atoms with van der Waals surface area (Å²) in [5.41, 5.74) is 6.86. The first-order valence-corrected chi connectivity index (χ1v) is 12.5. The van der Waals surface area contributed by atoms with Gasteiger partial charge in [-0.25, -0.2) is 4.98 Å². The van der Waals surface area contributed by atoms with Gasteiger partial charge in [0.1, 0.15) is 12.9 Å². The molecular formula is C31H28N2O5. The molecule has 5 rings (SSSR count). The number of amides is 1. The van der Waals surface area contributed by atoms with Gasteiger partial charge in [0.2, 0.25) is 5.91 Å². The number of para-hydroxylation sites is 1. The molecule has 3 aromatic carbocycles. The lowest BCUT2D eigenvalue weighted by Crippen LogP contribution is -2.13. The number of nitrogens with zero attached hydrogens (tertiary/aromatic N) is 1. The molecule has 0 fully saturated rings. The van der Waals surface area contributed by atoms with Crippen LogP contribution in [0.3, 0.4) is 0 Å². The molecule has 2 heterocycles. The van der Waals surface area contributed by atoms with E-state index in [9.17, 15) is 9.59 Å². The predicted molar refractivity (Wildman–Crippen MR) is 146 cm³/mol. The molecular weight excluding hydrogens is 480 g/mol. The number of hydrogen-bond donors (Lipinski definition) is 1. The van der Waals surface area contributed by atoms with Crippen molar-refractivity contribution in [3.8, 4) is 45.1 Å². The van der Waals surface area contributed by atoms with E-state index in [0.29, 0.717) is 37.7 Å². The van der Waals surface area contributed by atoms with Crippen LogP contribution in [0, 0.1) is 0 Å². The molecule has 192 valence electrons. The fourth-order valence-electron chi connectivity index (χ4n) is 4.54. The normalized spacial score (nSPS) is 12.1. The minimum atomic E-state index is -0.0896. The highest BCUT2D eigenvalue weighted by Gasteiger charge is 2.24. The van der Waals surface area contributed by atoms with Crippen LogP contribution in [0.15, 0.2) is 78.9 Å². The Morgan fingerprint density at radius 1 is 0.868 bits per heavy atom. The first-order valence-electron chi connectivity index (χ1n) is 12.5. The van der Waals surface area contributed by atoms with Crippen LogP contribution in [0.5, 0.6) is 11.5 Å². The number of methoxy groups -OCH3 is 1. The van der Waals surface area contributed by atoms with Crippen molar-refractivity contribution < 1.29 is 23.8 Å². The highest BCUT2D eigenvalue weighted by atomic mass is 16.5. The van der Waals surface area contributed by atoms with Crippen molar-refractivity contribution in [2.75, 3.05) is 32.2 Å². The van der Waals surface area contributed by atoms with Crippen LogP contribution in [-0.4, -0.2) is 44.1 Å². The van der Waals surface area contributed by atoms with Gasteiger partial charge in [0.25, 0.3) is 0 Å². The van der Waals surface area contributed by atoms with Crippen LogP contribution in [0.25, 0.3) is 33.6 Å². The molecule has 0 saturated carbocycles. The van der Waals surface area contributed by atoms with Gasteiger partial charge < -0.3 is 24.3 Å². The van der Waals surface area contributed by atoms with E-state index in [4.69, 9.17) is 19.2 Å². The van der Waals surface area contributed by atoms with Crippen LogP contribution < -0.4 is 14.8 Å². The van der Waals surface area contributed by atoms with Gasteiger partial charge >= 0.3 is 0 Å². The van der Waals surface area contributed by atoms with E-state index < -0.39 is 0 Å². The molecule has 0 radical (unpaired) electrons. The molecule has 38 heavy (non-hydrogen) atoms. The summed E-state index contributed by atoms with van der Waals surface area (Å²) in [6, 6.07) is 25.5. The van der Waals surface area contributed by atoms with E-state index >= 15 is 0 Å². The molecule has 0 saturated heterocycles. The van der Waals surface area contributed by atoms with Crippen LogP contribution in [0.4, 0.5) is 5.69 Å². The summed E-state index contributed by atoms with van der Waals surface area (Å²) in [5, 5.41) is 3.03.